The van der Waals surface area contributed by atoms with E-state index in [0.29, 0.717) is 55.2 Å². The van der Waals surface area contributed by atoms with E-state index in [1.54, 1.807) is 59.8 Å². The highest BCUT2D eigenvalue weighted by molar-refractivity contribution is 6.03. The number of hydrogen-bond donors (Lipinski definition) is 7. The van der Waals surface area contributed by atoms with Crippen LogP contribution in [0.2, 0.25) is 0 Å². The Balaban J connectivity index is 0.000000182. The highest BCUT2D eigenvalue weighted by atomic mass is 19.1. The van der Waals surface area contributed by atoms with Gasteiger partial charge in [-0.2, -0.15) is 0 Å². The Bertz CT molecular complexity index is 5280. The lowest BCUT2D eigenvalue weighted by atomic mass is 9.46. The minimum absolute atomic E-state index is 0.0399. The molecule has 9 N–H and O–H groups in total. The maximum absolute atomic E-state index is 15.8. The molecule has 0 aromatic carbocycles. The van der Waals surface area contributed by atoms with Crippen LogP contribution < -0.4 is 16.8 Å². The van der Waals surface area contributed by atoms with E-state index in [9.17, 15) is 113 Å². The number of ketones is 6. The number of aliphatic carboxylic acids is 1. The zero-order valence-corrected chi connectivity index (χ0v) is 82.9. The first-order chi connectivity index (χ1) is 67.7. The molecule has 3 saturated heterocycles. The lowest BCUT2D eigenvalue weighted by Gasteiger charge is -2.60. The second kappa shape index (κ2) is 42.6. The average Bonchev–Trinajstić information content (AvgIpc) is 1.52. The number of amides is 1. The molecule has 3 heterocycles. The Morgan fingerprint density at radius 3 is 1.10 bits per heavy atom. The number of aliphatic hydroxyl groups excluding tert-OH is 3. The number of nitrogens with one attached hydrogen (secondary N) is 1. The molecule has 47 heteroatoms. The van der Waals surface area contributed by atoms with Crippen molar-refractivity contribution in [1.82, 2.24) is 5.32 Å². The van der Waals surface area contributed by atoms with Crippen LogP contribution in [0, 0.1) is 116 Å². The summed E-state index contributed by atoms with van der Waals surface area (Å²) >= 11 is 0. The number of Topliss-reactive ketones (excluding diaryl/α,β-unsaturated/α-hetero) is 3. The van der Waals surface area contributed by atoms with Crippen LogP contribution in [0.4, 0.5) is 18.0 Å². The van der Waals surface area contributed by atoms with Gasteiger partial charge in [0.15, 0.2) is 71.3 Å². The number of fused-ring (bicyclic) bond motifs is 21. The number of unbranched alkanes of at least 4 members (excludes halogenated alkanes) is 4. The Labute approximate surface area is 831 Å². The molecule has 0 bridgehead atoms. The summed E-state index contributed by atoms with van der Waals surface area (Å²) in [4.78, 5) is 208. The highest BCUT2D eigenvalue weighted by Crippen LogP contribution is 2.75. The van der Waals surface area contributed by atoms with Gasteiger partial charge in [0.1, 0.15) is 43.2 Å². The van der Waals surface area contributed by atoms with Crippen molar-refractivity contribution in [3.8, 4) is 0 Å². The van der Waals surface area contributed by atoms with Gasteiger partial charge in [-0.3, -0.25) is 52.7 Å². The number of alkyl halides is 3. The first kappa shape index (κ1) is 112. The first-order valence-electron chi connectivity index (χ1n) is 49.1. The predicted molar refractivity (Wildman–Crippen MR) is 486 cm³/mol. The van der Waals surface area contributed by atoms with Crippen molar-refractivity contribution in [2.75, 3.05) is 59.5 Å². The highest BCUT2D eigenvalue weighted by Gasteiger charge is 2.82. The maximum Gasteiger partial charge on any atom is 0.508 e. The normalized spacial score (nSPS) is 37.8. The topological polar surface area (TPSA) is 635 Å². The van der Waals surface area contributed by atoms with Crippen molar-refractivity contribution < 1.29 is 183 Å². The lowest BCUT2D eigenvalue weighted by Crippen LogP contribution is -2.64. The molecule has 3 unspecified atom stereocenters. The molecule has 0 aromatic rings. The van der Waals surface area contributed by atoms with E-state index in [1.807, 2.05) is 41.5 Å². The summed E-state index contributed by atoms with van der Waals surface area (Å²) in [6, 6.07) is -4.36. The van der Waals surface area contributed by atoms with Crippen LogP contribution in [0.5, 0.6) is 0 Å². The number of ether oxygens (including phenoxy) is 12. The van der Waals surface area contributed by atoms with Crippen LogP contribution in [0.25, 0.3) is 0 Å². The Morgan fingerprint density at radius 1 is 0.441 bits per heavy atom. The molecule has 0 aromatic heterocycles. The molecule has 0 spiro atoms. The van der Waals surface area contributed by atoms with Gasteiger partial charge in [-0.1, -0.05) is 66.2 Å². The van der Waals surface area contributed by atoms with Crippen molar-refractivity contribution in [1.29, 1.82) is 0 Å². The molecule has 3 aliphatic heterocycles. The van der Waals surface area contributed by atoms with E-state index in [1.165, 1.54) is 36.5 Å². The number of hydrogen-bond acceptors (Lipinski definition) is 39. The van der Waals surface area contributed by atoms with Crippen LogP contribution >= 0.6 is 0 Å². The number of carboxylic acids is 1. The van der Waals surface area contributed by atoms with Crippen LogP contribution in [0.3, 0.4) is 0 Å². The number of rotatable bonds is 38. The fraction of sp³-hybridized carbons (Fsp3) is 0.745. The van der Waals surface area contributed by atoms with Gasteiger partial charge in [0.05, 0.1) is 82.5 Å². The van der Waals surface area contributed by atoms with Gasteiger partial charge < -0.3 is 109 Å². The summed E-state index contributed by atoms with van der Waals surface area (Å²) in [5.41, 5.74) is 1.84. The largest absolute Gasteiger partial charge is 0.508 e. The molecule has 15 rings (SSSR count). The minimum atomic E-state index is -1.68. The van der Waals surface area contributed by atoms with E-state index in [2.05, 4.69) is 19.8 Å². The second-order valence-electron chi connectivity index (χ2n) is 43.4. The minimum Gasteiger partial charge on any atom is -0.480 e. The van der Waals surface area contributed by atoms with Crippen molar-refractivity contribution in [3.05, 3.63) is 102 Å². The quantitative estimate of drug-likeness (QED) is 0.0108. The zero-order valence-electron chi connectivity index (χ0n) is 82.9. The van der Waals surface area contributed by atoms with Gasteiger partial charge >= 0.3 is 36.0 Å². The summed E-state index contributed by atoms with van der Waals surface area (Å²) < 4.78 is 116. The molecule has 1 amide bonds. The third-order valence-corrected chi connectivity index (χ3v) is 33.3. The number of carboxylic acid groups (broad SMARTS) is 1. The number of aliphatic hydroxyl groups is 3. The molecule has 15 aliphatic rings. The molecule has 12 fully saturated rings. The van der Waals surface area contributed by atoms with Crippen molar-refractivity contribution in [2.45, 2.75) is 313 Å². The fourth-order valence-corrected chi connectivity index (χ4v) is 27.8. The predicted octanol–water partition coefficient (Wildman–Crippen LogP) is 6.92. The SMILES string of the molecule is CC1(C)O[C@@H]2C[C@H]3[C@@H]4C[C@H](F)C5=CC(=O)C=C[C@]5(C)[C@H]4[C@@H](O)C[C@]3(C)[C@]2(C(=O)COC(=O)CC(N)C(=O)OCCCCO[N+](=O)[O-])O1.CC1(C)O[C@@H]2C[C@H]3[C@@H]4C[C@H](F)C5=CC(=O)C=C[C@]5(C)[C@H]4[C@@H](O)C[C@]3(C)[C@]2(C(=O)COC(=O)CC(NC(=O)CCCCCO[N+](=O)[O-])C(=O)O)O1.CC1(C)O[C@@H]2C[C@H]3[C@@H]4C[C@H](F)C5=CC(=O)C=C[C@]5(C)[C@H]4[C@@H](O)C[C@]3(C)[C@]2(C(=O)COC(=O)OCC(N)C(=O)OCCCCO[N+](=O)[O-])O1. The van der Waals surface area contributed by atoms with E-state index in [-0.39, 0.29) is 151 Å². The van der Waals surface area contributed by atoms with Gasteiger partial charge in [-0.25, -0.2) is 22.8 Å². The lowest BCUT2D eigenvalue weighted by molar-refractivity contribution is -0.757. The summed E-state index contributed by atoms with van der Waals surface area (Å²) in [6.45, 7) is 17.5. The Hall–Kier alpha value is -10.5. The van der Waals surface area contributed by atoms with Crippen LogP contribution in [-0.2, 0) is 129 Å². The van der Waals surface area contributed by atoms with Crippen LogP contribution in [0.15, 0.2) is 71.4 Å². The fourth-order valence-electron chi connectivity index (χ4n) is 27.8. The Kier molecular flexibility index (Phi) is 32.8. The third-order valence-electron chi connectivity index (χ3n) is 33.3. The van der Waals surface area contributed by atoms with E-state index >= 15 is 13.2 Å². The smallest absolute Gasteiger partial charge is 0.480 e. The molecule has 9 saturated carbocycles. The van der Waals surface area contributed by atoms with Crippen LogP contribution in [-0.4, -0.2) is 279 Å². The second-order valence-corrected chi connectivity index (χ2v) is 43.4. The van der Waals surface area contributed by atoms with E-state index < -0.39 is 277 Å². The summed E-state index contributed by atoms with van der Waals surface area (Å²) in [7, 11) is 0. The molecular formula is C98H131F3N6O38. The number of allylic oxidation sites excluding steroid dienone is 12. The number of esters is 4. The summed E-state index contributed by atoms with van der Waals surface area (Å²) in [5.74, 6) is -15.5. The van der Waals surface area contributed by atoms with Gasteiger partial charge in [-0.15, -0.1) is 30.3 Å². The molecule has 44 nitrogen and oxygen atoms in total. The van der Waals surface area contributed by atoms with Crippen LogP contribution in [0.1, 0.15) is 205 Å². The molecule has 12 aliphatic carbocycles. The molecule has 30 atom stereocenters. The monoisotopic (exact) mass is 2060 g/mol. The number of nitrogens with zero attached hydrogens (tertiary/aromatic N) is 3. The molecular weight excluding hydrogens is 1930 g/mol. The van der Waals surface area contributed by atoms with Crippen molar-refractivity contribution in [3.63, 3.8) is 0 Å². The van der Waals surface area contributed by atoms with E-state index in [0.717, 1.165) is 0 Å². The van der Waals surface area contributed by atoms with Gasteiger partial charge in [0.2, 0.25) is 23.3 Å². The number of nitrogens with two attached hydrogens (primary N) is 2. The Morgan fingerprint density at radius 2 is 0.759 bits per heavy atom. The van der Waals surface area contributed by atoms with Gasteiger partial charge in [0, 0.05) is 56.7 Å². The standard InChI is InChI=1S/C34H45FN2O13.C32H43FN2O13.C32H43FN2O12/c1-31(2)49-26-14-20-19-13-22(35)21-12-18(38)9-10-32(21,3)29(19)24(39)16-33(20,4)34(26,50-31)25(40)17-47-28(42)15-23(30(43)44)36-27(41)8-6-5-7-11-48-37(45)46;1-29(2)47-25-13-19-18-12-21(33)20-11-17(36)7-8-30(20,3)26(18)23(37)14-31(19,4)32(25,48-29)24(38)16-45-28(40)44-15-22(34)27(39)43-9-5-6-10-46-35(41)42;1-29(2)46-25-13-19-18-12-21(33)20-11-17(36)7-8-30(20,3)27(18)23(37)15-31(19,4)32(25,47-29)24(38)16-44-26(39)14-22(34)28(40)43-9-5-6-10-45-35(41)42/h9-10,12,19-20,22-24,26,29,39H,5-8,11,13-17H2,1-4H3,(H,36,41)(H,43,44);7-8,11,18-19,21-23,25-26,37H,5-6,9-10,12-16,34H2,1-4H3;7-8,11,18-19,21-23,25,27,37H,5-6,9-10,12-16,34H2,1-4H3/t19-,20-,22-,23?,24-,26+,29+,32-,33-,34+;18-,19-,21-,22?,23-,25+,26+,30-,31-,32+;18-,19-,21-,22?,23-,25+,27+,30-,31-,32+/m000/s1. The molecule has 0 radical (unpaired) electrons. The summed E-state index contributed by atoms with van der Waals surface area (Å²) in [5, 5.41) is 74.9. The number of halogens is 3. The zero-order chi connectivity index (χ0) is 107. The number of carbonyl (C=O) groups is 13. The van der Waals surface area contributed by atoms with Crippen molar-refractivity contribution in [2.24, 2.45) is 97.2 Å². The molecule has 145 heavy (non-hydrogen) atoms. The number of carbonyl (C=O) groups excluding carboxylic acids is 12. The van der Waals surface area contributed by atoms with Gasteiger partial charge in [0.25, 0.3) is 15.3 Å². The maximum atomic E-state index is 15.8. The van der Waals surface area contributed by atoms with Crippen molar-refractivity contribution >= 4 is 76.6 Å². The van der Waals surface area contributed by atoms with Gasteiger partial charge in [-0.05, 0) is 227 Å². The van der Waals surface area contributed by atoms with E-state index in [4.69, 9.17) is 68.3 Å². The summed E-state index contributed by atoms with van der Waals surface area (Å²) in [6.07, 6.45) is 4.67. The average molecular weight is 2060 g/mol. The third kappa shape index (κ3) is 21.5. The molecule has 802 valence electrons. The first-order valence-corrected chi connectivity index (χ1v) is 49.1.